The van der Waals surface area contributed by atoms with Gasteiger partial charge in [0, 0.05) is 26.3 Å². The molecular weight excluding hydrogens is 292 g/mol. The average Bonchev–Trinajstić information content (AvgIpc) is 3.06. The molecule has 0 aliphatic heterocycles. The fourth-order valence-electron chi connectivity index (χ4n) is 2.33. The Morgan fingerprint density at radius 2 is 1.78 bits per heavy atom. The smallest absolute Gasteiger partial charge is 0.257 e. The molecule has 6 nitrogen and oxygen atoms in total. The zero-order chi connectivity index (χ0) is 16.8. The molecule has 0 saturated heterocycles. The summed E-state index contributed by atoms with van der Waals surface area (Å²) < 4.78 is 1.65. The van der Waals surface area contributed by atoms with Gasteiger partial charge >= 0.3 is 0 Å². The molecule has 122 valence electrons. The topological polar surface area (TPSA) is 58.4 Å². The fourth-order valence-corrected chi connectivity index (χ4v) is 2.33. The van der Waals surface area contributed by atoms with Crippen molar-refractivity contribution in [2.45, 2.75) is 13.8 Å². The van der Waals surface area contributed by atoms with E-state index in [1.807, 2.05) is 44.2 Å². The number of carbonyl (C=O) groups excluding carboxylic acids is 2. The summed E-state index contributed by atoms with van der Waals surface area (Å²) in [4.78, 5) is 27.6. The van der Waals surface area contributed by atoms with Gasteiger partial charge in [-0.05, 0) is 26.0 Å². The van der Waals surface area contributed by atoms with Gasteiger partial charge in [0.2, 0.25) is 5.91 Å². The molecule has 2 aromatic rings. The van der Waals surface area contributed by atoms with Gasteiger partial charge in [0.15, 0.2) is 0 Å². The number of rotatable bonds is 6. The van der Waals surface area contributed by atoms with Crippen LogP contribution in [0.5, 0.6) is 0 Å². The lowest BCUT2D eigenvalue weighted by molar-refractivity contribution is -0.131. The molecule has 1 aromatic carbocycles. The Hall–Kier alpha value is -2.63. The van der Waals surface area contributed by atoms with Gasteiger partial charge in [0.25, 0.3) is 5.91 Å². The number of carbonyl (C=O) groups is 2. The van der Waals surface area contributed by atoms with E-state index in [1.54, 1.807) is 22.8 Å². The first-order valence-corrected chi connectivity index (χ1v) is 7.70. The number of para-hydroxylation sites is 1. The van der Waals surface area contributed by atoms with Gasteiger partial charge in [-0.15, -0.1) is 0 Å². The van der Waals surface area contributed by atoms with Gasteiger partial charge in [-0.1, -0.05) is 18.2 Å². The maximum Gasteiger partial charge on any atom is 0.257 e. The number of benzene rings is 1. The largest absolute Gasteiger partial charge is 0.342 e. The molecule has 0 N–H and O–H groups in total. The highest BCUT2D eigenvalue weighted by Gasteiger charge is 2.19. The van der Waals surface area contributed by atoms with Crippen LogP contribution in [0.1, 0.15) is 24.2 Å². The van der Waals surface area contributed by atoms with Crippen LogP contribution in [-0.4, -0.2) is 58.1 Å². The Morgan fingerprint density at radius 3 is 2.39 bits per heavy atom. The molecular formula is C17H22N4O2. The first-order valence-electron chi connectivity index (χ1n) is 7.70. The molecule has 0 aliphatic carbocycles. The lowest BCUT2D eigenvalue weighted by Gasteiger charge is -2.22. The van der Waals surface area contributed by atoms with Crippen LogP contribution in [0, 0.1) is 0 Å². The second-order valence-corrected chi connectivity index (χ2v) is 5.24. The summed E-state index contributed by atoms with van der Waals surface area (Å²) in [5, 5.41) is 4.21. The second kappa shape index (κ2) is 7.58. The fraction of sp³-hybridized carbons (Fsp3) is 0.353. The molecule has 0 saturated carbocycles. The molecule has 2 amide bonds. The molecule has 0 radical (unpaired) electrons. The van der Waals surface area contributed by atoms with Crippen LogP contribution < -0.4 is 0 Å². The van der Waals surface area contributed by atoms with Gasteiger partial charge in [0.1, 0.15) is 0 Å². The minimum atomic E-state index is -0.215. The summed E-state index contributed by atoms with van der Waals surface area (Å²) in [6, 6.07) is 9.57. The van der Waals surface area contributed by atoms with Gasteiger partial charge in [-0.2, -0.15) is 5.10 Å². The number of aromatic nitrogens is 2. The minimum Gasteiger partial charge on any atom is -0.342 e. The number of hydrogen-bond donors (Lipinski definition) is 0. The van der Waals surface area contributed by atoms with E-state index in [9.17, 15) is 9.59 Å². The minimum absolute atomic E-state index is 0.0544. The van der Waals surface area contributed by atoms with Gasteiger partial charge < -0.3 is 9.80 Å². The zero-order valence-corrected chi connectivity index (χ0v) is 13.8. The molecule has 0 fully saturated rings. The number of hydrogen-bond acceptors (Lipinski definition) is 3. The third-order valence-corrected chi connectivity index (χ3v) is 3.69. The Bertz CT molecular complexity index is 662. The maximum absolute atomic E-state index is 12.4. The highest BCUT2D eigenvalue weighted by atomic mass is 16.2. The van der Waals surface area contributed by atoms with Crippen LogP contribution in [0.25, 0.3) is 5.69 Å². The van der Waals surface area contributed by atoms with Crippen LogP contribution in [-0.2, 0) is 4.79 Å². The molecule has 6 heteroatoms. The van der Waals surface area contributed by atoms with Gasteiger partial charge in [-0.3, -0.25) is 9.59 Å². The van der Waals surface area contributed by atoms with Gasteiger partial charge in [0.05, 0.1) is 24.0 Å². The number of nitrogens with zero attached hydrogens (tertiary/aromatic N) is 4. The molecule has 0 atom stereocenters. The summed E-state index contributed by atoms with van der Waals surface area (Å²) in [7, 11) is 1.63. The lowest BCUT2D eigenvalue weighted by atomic mass is 10.3. The van der Waals surface area contributed by atoms with E-state index in [0.29, 0.717) is 18.7 Å². The van der Waals surface area contributed by atoms with Crippen LogP contribution in [0.15, 0.2) is 42.7 Å². The quantitative estimate of drug-likeness (QED) is 0.817. The Labute approximate surface area is 136 Å². The van der Waals surface area contributed by atoms with E-state index in [1.165, 1.54) is 11.1 Å². The summed E-state index contributed by atoms with van der Waals surface area (Å²) >= 11 is 0. The van der Waals surface area contributed by atoms with Crippen LogP contribution in [0.2, 0.25) is 0 Å². The summed E-state index contributed by atoms with van der Waals surface area (Å²) in [6.07, 6.45) is 3.20. The van der Waals surface area contributed by atoms with E-state index in [0.717, 1.165) is 5.69 Å². The predicted octanol–water partition coefficient (Wildman–Crippen LogP) is 1.81. The van der Waals surface area contributed by atoms with Crippen molar-refractivity contribution < 1.29 is 9.59 Å². The van der Waals surface area contributed by atoms with Crippen molar-refractivity contribution in [2.24, 2.45) is 0 Å². The van der Waals surface area contributed by atoms with E-state index in [2.05, 4.69) is 5.10 Å². The van der Waals surface area contributed by atoms with Crippen molar-refractivity contribution in [1.29, 1.82) is 0 Å². The molecule has 0 unspecified atom stereocenters. The van der Waals surface area contributed by atoms with Crippen molar-refractivity contribution in [3.63, 3.8) is 0 Å². The predicted molar refractivity (Wildman–Crippen MR) is 88.5 cm³/mol. The van der Waals surface area contributed by atoms with Crippen LogP contribution >= 0.6 is 0 Å². The van der Waals surface area contributed by atoms with Crippen molar-refractivity contribution in [3.8, 4) is 5.69 Å². The van der Waals surface area contributed by atoms with E-state index in [4.69, 9.17) is 0 Å². The standard InChI is InChI=1S/C17H22N4O2/c1-4-20(5-2)16(22)13-19(3)17(23)14-11-18-21(12-14)15-9-7-6-8-10-15/h6-12H,4-5,13H2,1-3H3. The zero-order valence-electron chi connectivity index (χ0n) is 13.8. The highest BCUT2D eigenvalue weighted by molar-refractivity contribution is 5.96. The van der Waals surface area contributed by atoms with Crippen molar-refractivity contribution in [1.82, 2.24) is 19.6 Å². The monoisotopic (exact) mass is 314 g/mol. The average molecular weight is 314 g/mol. The highest BCUT2D eigenvalue weighted by Crippen LogP contribution is 2.09. The van der Waals surface area contributed by atoms with E-state index >= 15 is 0 Å². The molecule has 0 spiro atoms. The Kier molecular flexibility index (Phi) is 5.51. The number of likely N-dealkylation sites (N-methyl/N-ethyl adjacent to an activating group) is 2. The maximum atomic E-state index is 12.4. The Balaban J connectivity index is 2.06. The van der Waals surface area contributed by atoms with Crippen LogP contribution in [0.3, 0.4) is 0 Å². The molecule has 1 aromatic heterocycles. The molecule has 0 aliphatic rings. The van der Waals surface area contributed by atoms with Gasteiger partial charge in [-0.25, -0.2) is 4.68 Å². The van der Waals surface area contributed by atoms with Crippen LogP contribution in [0.4, 0.5) is 0 Å². The SMILES string of the molecule is CCN(CC)C(=O)CN(C)C(=O)c1cnn(-c2ccccc2)c1. The van der Waals surface area contributed by atoms with E-state index in [-0.39, 0.29) is 18.4 Å². The first kappa shape index (κ1) is 16.7. The normalized spacial score (nSPS) is 10.4. The van der Waals surface area contributed by atoms with Crippen molar-refractivity contribution >= 4 is 11.8 Å². The third-order valence-electron chi connectivity index (χ3n) is 3.69. The van der Waals surface area contributed by atoms with Crippen molar-refractivity contribution in [3.05, 3.63) is 48.3 Å². The summed E-state index contributed by atoms with van der Waals surface area (Å²) in [5.41, 5.74) is 1.34. The molecule has 0 bridgehead atoms. The molecule has 23 heavy (non-hydrogen) atoms. The summed E-state index contributed by atoms with van der Waals surface area (Å²) in [6.45, 7) is 5.20. The molecule has 1 heterocycles. The summed E-state index contributed by atoms with van der Waals surface area (Å²) in [5.74, 6) is -0.269. The lowest BCUT2D eigenvalue weighted by Crippen LogP contribution is -2.40. The first-order chi connectivity index (χ1) is 11.1. The van der Waals surface area contributed by atoms with Crippen molar-refractivity contribution in [2.75, 3.05) is 26.7 Å². The van der Waals surface area contributed by atoms with E-state index < -0.39 is 0 Å². The third kappa shape index (κ3) is 3.97. The Morgan fingerprint density at radius 1 is 1.13 bits per heavy atom. The number of amides is 2. The molecule has 2 rings (SSSR count). The second-order valence-electron chi connectivity index (χ2n) is 5.24.